The number of hydrogen-bond donors (Lipinski definition) is 2. The summed E-state index contributed by atoms with van der Waals surface area (Å²) in [5.41, 5.74) is 10.7. The lowest BCUT2D eigenvalue weighted by Gasteiger charge is -2.05. The predicted octanol–water partition coefficient (Wildman–Crippen LogP) is 0.824. The number of aromatic nitrogens is 1. The van der Waals surface area contributed by atoms with Gasteiger partial charge in [-0.3, -0.25) is 4.79 Å². The SMILES string of the molecule is NC(=O)c1c(N)c([N+](=O)[O-])nc2ccccc12. The highest BCUT2D eigenvalue weighted by molar-refractivity contribution is 6.11. The molecule has 0 fully saturated rings. The zero-order chi connectivity index (χ0) is 12.6. The summed E-state index contributed by atoms with van der Waals surface area (Å²) in [6, 6.07) is 6.46. The minimum absolute atomic E-state index is 0.0673. The van der Waals surface area contributed by atoms with E-state index in [0.717, 1.165) is 0 Å². The van der Waals surface area contributed by atoms with Gasteiger partial charge in [0, 0.05) is 5.39 Å². The van der Waals surface area contributed by atoms with Gasteiger partial charge in [0.05, 0.1) is 5.56 Å². The van der Waals surface area contributed by atoms with Crippen LogP contribution in [0.15, 0.2) is 24.3 Å². The van der Waals surface area contributed by atoms with Gasteiger partial charge < -0.3 is 21.6 Å². The standard InChI is InChI=1S/C10H8N4O3/c11-8-7(9(12)15)5-3-1-2-4-6(5)13-10(8)14(16)17/h1-4H,11H2,(H2,12,15). The molecule has 1 heterocycles. The number of nitrogens with two attached hydrogens (primary N) is 2. The summed E-state index contributed by atoms with van der Waals surface area (Å²) in [4.78, 5) is 25.1. The molecule has 2 aromatic rings. The van der Waals surface area contributed by atoms with Gasteiger partial charge in [0.15, 0.2) is 5.52 Å². The van der Waals surface area contributed by atoms with E-state index < -0.39 is 16.6 Å². The molecule has 0 aliphatic rings. The molecule has 1 aromatic heterocycles. The van der Waals surface area contributed by atoms with Gasteiger partial charge in [-0.25, -0.2) is 0 Å². The van der Waals surface area contributed by atoms with E-state index in [2.05, 4.69) is 4.98 Å². The van der Waals surface area contributed by atoms with Crippen molar-refractivity contribution in [1.82, 2.24) is 4.98 Å². The van der Waals surface area contributed by atoms with E-state index in [0.29, 0.717) is 10.9 Å². The second kappa shape index (κ2) is 3.71. The summed E-state index contributed by atoms with van der Waals surface area (Å²) >= 11 is 0. The Morgan fingerprint density at radius 3 is 2.59 bits per heavy atom. The first-order valence-corrected chi connectivity index (χ1v) is 4.64. The van der Waals surface area contributed by atoms with Crippen molar-refractivity contribution in [3.8, 4) is 0 Å². The number of carbonyl (C=O) groups is 1. The Hall–Kier alpha value is -2.70. The van der Waals surface area contributed by atoms with E-state index in [4.69, 9.17) is 11.5 Å². The highest BCUT2D eigenvalue weighted by Crippen LogP contribution is 2.29. The van der Waals surface area contributed by atoms with Crippen LogP contribution in [-0.2, 0) is 0 Å². The van der Waals surface area contributed by atoms with Crippen molar-refractivity contribution in [2.24, 2.45) is 5.73 Å². The van der Waals surface area contributed by atoms with Gasteiger partial charge in [-0.2, -0.15) is 0 Å². The Labute approximate surface area is 95.2 Å². The maximum absolute atomic E-state index is 11.3. The highest BCUT2D eigenvalue weighted by Gasteiger charge is 2.24. The summed E-state index contributed by atoms with van der Waals surface area (Å²) in [6.07, 6.45) is 0. The van der Waals surface area contributed by atoms with Crippen LogP contribution in [0.2, 0.25) is 0 Å². The summed E-state index contributed by atoms with van der Waals surface area (Å²) in [7, 11) is 0. The van der Waals surface area contributed by atoms with Gasteiger partial charge in [0.25, 0.3) is 5.91 Å². The number of carbonyl (C=O) groups excluding carboxylic acids is 1. The van der Waals surface area contributed by atoms with E-state index in [9.17, 15) is 14.9 Å². The normalized spacial score (nSPS) is 10.4. The average molecular weight is 232 g/mol. The van der Waals surface area contributed by atoms with E-state index in [1.807, 2.05) is 0 Å². The molecule has 7 nitrogen and oxygen atoms in total. The zero-order valence-electron chi connectivity index (χ0n) is 8.58. The molecule has 0 radical (unpaired) electrons. The molecule has 0 saturated heterocycles. The van der Waals surface area contributed by atoms with E-state index in [1.54, 1.807) is 24.3 Å². The minimum Gasteiger partial charge on any atom is -0.391 e. The van der Waals surface area contributed by atoms with Gasteiger partial charge in [0.1, 0.15) is 5.69 Å². The Morgan fingerprint density at radius 1 is 1.35 bits per heavy atom. The van der Waals surface area contributed by atoms with Gasteiger partial charge >= 0.3 is 5.82 Å². The fourth-order valence-electron chi connectivity index (χ4n) is 1.62. The Balaban J connectivity index is 2.95. The number of rotatable bonds is 2. The molecule has 0 aliphatic heterocycles. The summed E-state index contributed by atoms with van der Waals surface area (Å²) in [5.74, 6) is -1.37. The van der Waals surface area contributed by atoms with Crippen LogP contribution in [0.4, 0.5) is 11.5 Å². The third kappa shape index (κ3) is 1.63. The van der Waals surface area contributed by atoms with Gasteiger partial charge in [-0.05, 0) is 22.0 Å². The lowest BCUT2D eigenvalue weighted by atomic mass is 10.1. The molecule has 0 aliphatic carbocycles. The maximum Gasteiger partial charge on any atom is 0.388 e. The summed E-state index contributed by atoms with van der Waals surface area (Å²) in [5, 5.41) is 11.2. The first-order valence-electron chi connectivity index (χ1n) is 4.64. The highest BCUT2D eigenvalue weighted by atomic mass is 16.6. The van der Waals surface area contributed by atoms with Crippen LogP contribution in [0.5, 0.6) is 0 Å². The molecule has 17 heavy (non-hydrogen) atoms. The van der Waals surface area contributed by atoms with Crippen molar-refractivity contribution >= 4 is 28.3 Å². The number of nitrogens with zero attached hydrogens (tertiary/aromatic N) is 2. The molecule has 0 bridgehead atoms. The fraction of sp³-hybridized carbons (Fsp3) is 0. The van der Waals surface area contributed by atoms with Crippen molar-refractivity contribution in [3.05, 3.63) is 39.9 Å². The summed E-state index contributed by atoms with van der Waals surface area (Å²) in [6.45, 7) is 0. The van der Waals surface area contributed by atoms with Crippen molar-refractivity contribution in [3.63, 3.8) is 0 Å². The molecule has 4 N–H and O–H groups in total. The molecule has 1 amide bonds. The zero-order valence-corrected chi connectivity index (χ0v) is 8.58. The number of hydrogen-bond acceptors (Lipinski definition) is 5. The third-order valence-electron chi connectivity index (χ3n) is 2.33. The van der Waals surface area contributed by atoms with Crippen molar-refractivity contribution in [2.45, 2.75) is 0 Å². The van der Waals surface area contributed by atoms with Crippen molar-refractivity contribution in [2.75, 3.05) is 5.73 Å². The van der Waals surface area contributed by atoms with E-state index in [-0.39, 0.29) is 11.3 Å². The Bertz CT molecular complexity index is 639. The minimum atomic E-state index is -0.816. The van der Waals surface area contributed by atoms with Crippen LogP contribution in [0.25, 0.3) is 10.9 Å². The number of para-hydroxylation sites is 1. The van der Waals surface area contributed by atoms with Crippen LogP contribution < -0.4 is 11.5 Å². The molecular weight excluding hydrogens is 224 g/mol. The lowest BCUT2D eigenvalue weighted by Crippen LogP contribution is -2.16. The third-order valence-corrected chi connectivity index (χ3v) is 2.33. The molecule has 7 heteroatoms. The molecule has 0 saturated carbocycles. The average Bonchev–Trinajstić information content (AvgIpc) is 2.27. The number of pyridine rings is 1. The number of primary amides is 1. The van der Waals surface area contributed by atoms with Gasteiger partial charge in [0.2, 0.25) is 0 Å². The molecule has 2 rings (SSSR count). The van der Waals surface area contributed by atoms with E-state index in [1.165, 1.54) is 0 Å². The van der Waals surface area contributed by atoms with Crippen LogP contribution in [0, 0.1) is 10.1 Å². The van der Waals surface area contributed by atoms with Crippen LogP contribution >= 0.6 is 0 Å². The van der Waals surface area contributed by atoms with Gasteiger partial charge in [-0.1, -0.05) is 12.1 Å². The fourth-order valence-corrected chi connectivity index (χ4v) is 1.62. The molecular formula is C10H8N4O3. The van der Waals surface area contributed by atoms with Crippen LogP contribution in [-0.4, -0.2) is 15.8 Å². The smallest absolute Gasteiger partial charge is 0.388 e. The van der Waals surface area contributed by atoms with Crippen LogP contribution in [0.3, 0.4) is 0 Å². The van der Waals surface area contributed by atoms with Crippen molar-refractivity contribution < 1.29 is 9.72 Å². The quantitative estimate of drug-likeness (QED) is 0.585. The molecule has 0 unspecified atom stereocenters. The second-order valence-electron chi connectivity index (χ2n) is 3.36. The molecule has 0 atom stereocenters. The van der Waals surface area contributed by atoms with E-state index >= 15 is 0 Å². The van der Waals surface area contributed by atoms with Gasteiger partial charge in [-0.15, -0.1) is 0 Å². The number of amides is 1. The van der Waals surface area contributed by atoms with Crippen molar-refractivity contribution in [1.29, 1.82) is 0 Å². The monoisotopic (exact) mass is 232 g/mol. The topological polar surface area (TPSA) is 125 Å². The molecule has 86 valence electrons. The number of benzene rings is 1. The largest absolute Gasteiger partial charge is 0.391 e. The second-order valence-corrected chi connectivity index (χ2v) is 3.36. The Morgan fingerprint density at radius 2 is 2.00 bits per heavy atom. The number of nitrogen functional groups attached to an aromatic ring is 1. The number of fused-ring (bicyclic) bond motifs is 1. The number of anilines is 1. The Kier molecular flexibility index (Phi) is 2.36. The number of nitro groups is 1. The predicted molar refractivity (Wildman–Crippen MR) is 61.3 cm³/mol. The first-order chi connectivity index (χ1) is 8.02. The lowest BCUT2D eigenvalue weighted by molar-refractivity contribution is -0.388. The summed E-state index contributed by atoms with van der Waals surface area (Å²) < 4.78 is 0. The molecule has 1 aromatic carbocycles. The maximum atomic E-state index is 11.3. The molecule has 0 spiro atoms. The van der Waals surface area contributed by atoms with Crippen LogP contribution in [0.1, 0.15) is 10.4 Å². The first kappa shape index (κ1) is 10.8.